The number of nitrogens with one attached hydrogen (secondary N) is 1. The zero-order chi connectivity index (χ0) is 9.56. The molecule has 5 nitrogen and oxygen atoms in total. The van der Waals surface area contributed by atoms with Gasteiger partial charge in [-0.25, -0.2) is 4.79 Å². The van der Waals surface area contributed by atoms with Gasteiger partial charge < -0.3 is 20.9 Å². The van der Waals surface area contributed by atoms with Gasteiger partial charge in [-0.15, -0.1) is 0 Å². The number of aliphatic hydroxyl groups is 1. The van der Waals surface area contributed by atoms with Crippen molar-refractivity contribution < 1.29 is 20.3 Å². The van der Waals surface area contributed by atoms with Crippen LogP contribution in [0.4, 0.5) is 0 Å². The minimum Gasteiger partial charge on any atom is -0.477 e. The Bertz CT molecular complexity index is 211. The highest BCUT2D eigenvalue weighted by Crippen LogP contribution is 1.92. The molecule has 0 saturated carbocycles. The van der Waals surface area contributed by atoms with Crippen molar-refractivity contribution in [3.05, 3.63) is 11.3 Å². The molecule has 0 radical (unpaired) electrons. The van der Waals surface area contributed by atoms with E-state index in [1.165, 1.54) is 0 Å². The average Bonchev–Trinajstić information content (AvgIpc) is 2.01. The monoisotopic (exact) mass is 173 g/mol. The number of hydrogen-bond acceptors (Lipinski definition) is 3. The van der Waals surface area contributed by atoms with Crippen LogP contribution in [0.2, 0.25) is 0 Å². The van der Waals surface area contributed by atoms with Gasteiger partial charge >= 0.3 is 5.97 Å². The van der Waals surface area contributed by atoms with E-state index in [0.29, 0.717) is 12.2 Å². The van der Waals surface area contributed by atoms with Crippen LogP contribution in [-0.2, 0) is 4.79 Å². The van der Waals surface area contributed by atoms with Crippen LogP contribution in [0.25, 0.3) is 0 Å². The molecule has 0 aliphatic carbocycles. The number of rotatable bonds is 5. The number of nitrogens with two attached hydrogens (primary N) is 1. The molecule has 5 heteroatoms. The summed E-state index contributed by atoms with van der Waals surface area (Å²) in [5.74, 6) is -1.11. The maximum Gasteiger partial charge on any atom is 0.342 e. The lowest BCUT2D eigenvalue weighted by molar-refractivity contribution is -0.607. The summed E-state index contributed by atoms with van der Waals surface area (Å²) in [5.41, 5.74) is 0.468. The number of carboxylic acids is 1. The Balaban J connectivity index is 4.38. The van der Waals surface area contributed by atoms with Crippen LogP contribution >= 0.6 is 0 Å². The van der Waals surface area contributed by atoms with Gasteiger partial charge in [0.25, 0.3) is 0 Å². The fourth-order valence-electron chi connectivity index (χ4n) is 0.735. The number of carbonyl (C=O) groups is 1. The first-order chi connectivity index (χ1) is 5.63. The quantitative estimate of drug-likeness (QED) is 0.302. The Labute approximate surface area is 70.2 Å². The molecule has 0 aromatic carbocycles. The zero-order valence-electron chi connectivity index (χ0n) is 6.87. The molecule has 0 rings (SSSR count). The summed E-state index contributed by atoms with van der Waals surface area (Å²) in [7, 11) is 0. The summed E-state index contributed by atoms with van der Waals surface area (Å²) in [6.45, 7) is 2.00. The largest absolute Gasteiger partial charge is 0.477 e. The minimum absolute atomic E-state index is 0.0117. The van der Waals surface area contributed by atoms with Gasteiger partial charge in [0.15, 0.2) is 0 Å². The Morgan fingerprint density at radius 1 is 1.67 bits per heavy atom. The molecule has 0 amide bonds. The lowest BCUT2D eigenvalue weighted by Gasteiger charge is -2.00. The van der Waals surface area contributed by atoms with E-state index >= 15 is 0 Å². The van der Waals surface area contributed by atoms with E-state index < -0.39 is 5.97 Å². The van der Waals surface area contributed by atoms with E-state index in [1.54, 1.807) is 12.2 Å². The topological polar surface area (TPSA) is 98.0 Å². The van der Waals surface area contributed by atoms with E-state index in [0.717, 1.165) is 6.21 Å². The van der Waals surface area contributed by atoms with Crippen molar-refractivity contribution in [2.24, 2.45) is 0 Å². The Morgan fingerprint density at radius 3 is 2.58 bits per heavy atom. The molecule has 0 saturated heterocycles. The Morgan fingerprint density at radius 2 is 2.25 bits per heavy atom. The molecule has 68 valence electrons. The third kappa shape index (κ3) is 3.27. The number of aliphatic carboxylic acids is 1. The molecule has 0 aromatic heterocycles. The molecule has 0 spiro atoms. The normalized spacial score (nSPS) is 12.2. The second-order valence-corrected chi connectivity index (χ2v) is 2.26. The zero-order valence-corrected chi connectivity index (χ0v) is 6.87. The summed E-state index contributed by atoms with van der Waals surface area (Å²) in [4.78, 5) is 10.4. The third-order valence-corrected chi connectivity index (χ3v) is 1.38. The summed E-state index contributed by atoms with van der Waals surface area (Å²) >= 11 is 0. The number of allylic oxidation sites excluding steroid dienone is 1. The van der Waals surface area contributed by atoms with Crippen molar-refractivity contribution in [2.45, 2.75) is 6.92 Å². The molecule has 12 heavy (non-hydrogen) atoms. The molecule has 0 aliphatic heterocycles. The molecule has 5 N–H and O–H groups in total. The van der Waals surface area contributed by atoms with Crippen molar-refractivity contribution >= 4 is 12.2 Å². The van der Waals surface area contributed by atoms with Gasteiger partial charge in [-0.3, -0.25) is 0 Å². The van der Waals surface area contributed by atoms with Gasteiger partial charge in [-0.2, -0.15) is 0 Å². The lowest BCUT2D eigenvalue weighted by Crippen LogP contribution is -2.83. The van der Waals surface area contributed by atoms with Crippen molar-refractivity contribution in [3.63, 3.8) is 0 Å². The molecule has 0 fully saturated rings. The first-order valence-corrected chi connectivity index (χ1v) is 3.52. The smallest absolute Gasteiger partial charge is 0.342 e. The highest BCUT2D eigenvalue weighted by Gasteiger charge is 2.10. The van der Waals surface area contributed by atoms with Gasteiger partial charge in [0.1, 0.15) is 17.8 Å². The fourth-order valence-corrected chi connectivity index (χ4v) is 0.735. The van der Waals surface area contributed by atoms with Crippen LogP contribution < -0.4 is 5.32 Å². The van der Waals surface area contributed by atoms with Crippen LogP contribution in [-0.4, -0.2) is 35.5 Å². The van der Waals surface area contributed by atoms with Gasteiger partial charge in [-0.05, 0) is 0 Å². The van der Waals surface area contributed by atoms with E-state index in [2.05, 4.69) is 0 Å². The van der Waals surface area contributed by atoms with Crippen LogP contribution in [0.15, 0.2) is 11.3 Å². The van der Waals surface area contributed by atoms with E-state index in [4.69, 9.17) is 15.6 Å². The molecule has 0 atom stereocenters. The molecule has 0 heterocycles. The van der Waals surface area contributed by atoms with Crippen molar-refractivity contribution in [1.82, 2.24) is 0 Å². The number of quaternary nitrogens is 1. The SMILES string of the molecule is CC([NH2+]CCO)=C(C=N)C(=O)O. The number of aliphatic hydroxyl groups excluding tert-OH is 1. The highest BCUT2D eigenvalue weighted by molar-refractivity contribution is 6.07. The fraction of sp³-hybridized carbons (Fsp3) is 0.429. The second-order valence-electron chi connectivity index (χ2n) is 2.26. The van der Waals surface area contributed by atoms with Gasteiger partial charge in [0.05, 0.1) is 6.61 Å². The Hall–Kier alpha value is -1.20. The summed E-state index contributed by atoms with van der Waals surface area (Å²) in [5, 5.41) is 25.4. The second kappa shape index (κ2) is 5.45. The predicted molar refractivity (Wildman–Crippen MR) is 43.0 cm³/mol. The molecular formula is C7H13N2O3+. The standard InChI is InChI=1S/C7H12N2O3/c1-5(9-2-3-10)6(4-8)7(11)12/h4,8-10H,2-3H2,1H3,(H,11,12)/p+1. The van der Waals surface area contributed by atoms with E-state index in [-0.39, 0.29) is 12.2 Å². The first-order valence-electron chi connectivity index (χ1n) is 3.52. The Kier molecular flexibility index (Phi) is 4.91. The van der Waals surface area contributed by atoms with Crippen LogP contribution in [0, 0.1) is 5.41 Å². The first kappa shape index (κ1) is 10.8. The third-order valence-electron chi connectivity index (χ3n) is 1.38. The highest BCUT2D eigenvalue weighted by atomic mass is 16.4. The molecule has 0 aliphatic rings. The summed E-state index contributed by atoms with van der Waals surface area (Å²) in [6.07, 6.45) is 0.797. The van der Waals surface area contributed by atoms with Crippen molar-refractivity contribution in [1.29, 1.82) is 5.41 Å². The lowest BCUT2D eigenvalue weighted by atomic mass is 10.2. The molecular weight excluding hydrogens is 160 g/mol. The maximum absolute atomic E-state index is 10.4. The minimum atomic E-state index is -1.11. The molecule has 0 bridgehead atoms. The van der Waals surface area contributed by atoms with Crippen LogP contribution in [0.3, 0.4) is 0 Å². The summed E-state index contributed by atoms with van der Waals surface area (Å²) < 4.78 is 0. The van der Waals surface area contributed by atoms with E-state index in [9.17, 15) is 4.79 Å². The predicted octanol–water partition coefficient (Wildman–Crippen LogP) is -1.45. The number of carboxylic acid groups (broad SMARTS) is 1. The van der Waals surface area contributed by atoms with Gasteiger partial charge in [0.2, 0.25) is 0 Å². The molecule has 0 unspecified atom stereocenters. The van der Waals surface area contributed by atoms with Crippen molar-refractivity contribution in [2.75, 3.05) is 13.2 Å². The van der Waals surface area contributed by atoms with E-state index in [1.807, 2.05) is 0 Å². The summed E-state index contributed by atoms with van der Waals surface area (Å²) in [6, 6.07) is 0. The average molecular weight is 173 g/mol. The van der Waals surface area contributed by atoms with Gasteiger partial charge in [-0.1, -0.05) is 0 Å². The number of hydrogen-bond donors (Lipinski definition) is 4. The maximum atomic E-state index is 10.4. The van der Waals surface area contributed by atoms with Crippen molar-refractivity contribution in [3.8, 4) is 0 Å². The molecule has 0 aromatic rings. The van der Waals surface area contributed by atoms with Gasteiger partial charge in [0, 0.05) is 13.1 Å². The van der Waals surface area contributed by atoms with Crippen LogP contribution in [0.5, 0.6) is 0 Å². The van der Waals surface area contributed by atoms with Crippen LogP contribution in [0.1, 0.15) is 6.92 Å².